The number of hydrogen-bond acceptors (Lipinski definition) is 2. The largest absolute Gasteiger partial charge is 0.481 e. The number of carbonyl (C=O) groups is 2. The van der Waals surface area contributed by atoms with Gasteiger partial charge in [0.15, 0.2) is 0 Å². The Balaban J connectivity index is 2.47. The van der Waals surface area contributed by atoms with Crippen LogP contribution in [0.2, 0.25) is 0 Å². The number of aliphatic carboxylic acids is 2. The molecule has 0 saturated heterocycles. The first-order valence-electron chi connectivity index (χ1n) is 8.11. The second kappa shape index (κ2) is 6.63. The Bertz CT molecular complexity index is 740. The molecule has 1 aliphatic rings. The Kier molecular flexibility index (Phi) is 4.97. The molecular weight excluding hydrogens is 304 g/mol. The predicted octanol–water partition coefficient (Wildman–Crippen LogP) is 4.09. The van der Waals surface area contributed by atoms with E-state index in [1.165, 1.54) is 5.56 Å². The zero-order valence-corrected chi connectivity index (χ0v) is 14.6. The lowest BCUT2D eigenvalue weighted by molar-refractivity contribution is -0.145. The van der Waals surface area contributed by atoms with Crippen LogP contribution in [0.3, 0.4) is 0 Å². The standard InChI is InChI=1S/C20H24O4/c1-12(2)17-6-5-13(3)7-15(17)8-14-9-16(18(21)22)11-20(4,10-14)19(23)24/h5-7,9-10,12H,8,11H2,1-4H3,(H,21,22)(H,23,24). The van der Waals surface area contributed by atoms with Gasteiger partial charge in [0.1, 0.15) is 0 Å². The van der Waals surface area contributed by atoms with Gasteiger partial charge in [0, 0.05) is 5.57 Å². The molecule has 0 saturated carbocycles. The summed E-state index contributed by atoms with van der Waals surface area (Å²) in [5.74, 6) is -1.71. The number of carboxylic acids is 2. The van der Waals surface area contributed by atoms with E-state index < -0.39 is 17.4 Å². The van der Waals surface area contributed by atoms with E-state index in [0.717, 1.165) is 16.7 Å². The fourth-order valence-electron chi connectivity index (χ4n) is 3.22. The van der Waals surface area contributed by atoms with Gasteiger partial charge in [-0.1, -0.05) is 43.7 Å². The molecule has 0 aromatic heterocycles. The van der Waals surface area contributed by atoms with E-state index in [9.17, 15) is 19.8 Å². The molecule has 2 rings (SSSR count). The minimum absolute atomic E-state index is 0.00597. The molecule has 1 aromatic carbocycles. The number of hydrogen-bond donors (Lipinski definition) is 2. The zero-order valence-electron chi connectivity index (χ0n) is 14.6. The molecule has 0 amide bonds. The lowest BCUT2D eigenvalue weighted by Crippen LogP contribution is -2.30. The van der Waals surface area contributed by atoms with Crippen LogP contribution in [0, 0.1) is 12.3 Å². The maximum atomic E-state index is 11.6. The van der Waals surface area contributed by atoms with E-state index in [2.05, 4.69) is 32.0 Å². The summed E-state index contributed by atoms with van der Waals surface area (Å²) >= 11 is 0. The molecule has 0 fully saturated rings. The molecule has 2 N–H and O–H groups in total. The van der Waals surface area contributed by atoms with Crippen molar-refractivity contribution in [2.24, 2.45) is 5.41 Å². The van der Waals surface area contributed by atoms with Gasteiger partial charge in [-0.3, -0.25) is 4.79 Å². The van der Waals surface area contributed by atoms with Crippen molar-refractivity contribution in [2.45, 2.75) is 46.5 Å². The van der Waals surface area contributed by atoms with Crippen molar-refractivity contribution in [1.82, 2.24) is 0 Å². The molecule has 0 heterocycles. The highest BCUT2D eigenvalue weighted by Crippen LogP contribution is 2.36. The quantitative estimate of drug-likeness (QED) is 0.853. The average molecular weight is 328 g/mol. The first kappa shape index (κ1) is 18.0. The Hall–Kier alpha value is -2.36. The molecular formula is C20H24O4. The first-order valence-corrected chi connectivity index (χ1v) is 8.11. The molecule has 0 bridgehead atoms. The van der Waals surface area contributed by atoms with E-state index in [1.54, 1.807) is 19.1 Å². The van der Waals surface area contributed by atoms with Crippen molar-refractivity contribution in [1.29, 1.82) is 0 Å². The zero-order chi connectivity index (χ0) is 18.1. The van der Waals surface area contributed by atoms with Crippen LogP contribution in [0.5, 0.6) is 0 Å². The third kappa shape index (κ3) is 3.75. The van der Waals surface area contributed by atoms with Crippen LogP contribution in [-0.2, 0) is 16.0 Å². The highest BCUT2D eigenvalue weighted by Gasteiger charge is 2.36. The van der Waals surface area contributed by atoms with Gasteiger partial charge in [0.25, 0.3) is 0 Å². The average Bonchev–Trinajstić information content (AvgIpc) is 2.46. The van der Waals surface area contributed by atoms with E-state index in [0.29, 0.717) is 12.3 Å². The monoisotopic (exact) mass is 328 g/mol. The van der Waals surface area contributed by atoms with Gasteiger partial charge >= 0.3 is 11.9 Å². The van der Waals surface area contributed by atoms with Crippen LogP contribution in [-0.4, -0.2) is 22.2 Å². The van der Waals surface area contributed by atoms with Gasteiger partial charge < -0.3 is 10.2 Å². The predicted molar refractivity (Wildman–Crippen MR) is 93.1 cm³/mol. The summed E-state index contributed by atoms with van der Waals surface area (Å²) in [6, 6.07) is 6.25. The van der Waals surface area contributed by atoms with Crippen molar-refractivity contribution in [2.75, 3.05) is 0 Å². The van der Waals surface area contributed by atoms with E-state index >= 15 is 0 Å². The maximum absolute atomic E-state index is 11.6. The SMILES string of the molecule is Cc1ccc(C(C)C)c(CC2=CC(C)(C(=O)O)CC(C(=O)O)=C2)c1. The maximum Gasteiger partial charge on any atom is 0.331 e. The summed E-state index contributed by atoms with van der Waals surface area (Å²) < 4.78 is 0. The topological polar surface area (TPSA) is 74.6 Å². The van der Waals surface area contributed by atoms with Crippen LogP contribution in [0.25, 0.3) is 0 Å². The van der Waals surface area contributed by atoms with Gasteiger partial charge in [-0.05, 0) is 55.4 Å². The van der Waals surface area contributed by atoms with Crippen LogP contribution < -0.4 is 0 Å². The van der Waals surface area contributed by atoms with E-state index in [4.69, 9.17) is 0 Å². The molecule has 4 heteroatoms. The van der Waals surface area contributed by atoms with Gasteiger partial charge in [-0.2, -0.15) is 0 Å². The Morgan fingerprint density at radius 1 is 1.25 bits per heavy atom. The van der Waals surface area contributed by atoms with E-state index in [1.807, 2.05) is 6.92 Å². The smallest absolute Gasteiger partial charge is 0.331 e. The molecule has 128 valence electrons. The number of carboxylic acid groups (broad SMARTS) is 2. The molecule has 1 aliphatic carbocycles. The summed E-state index contributed by atoms with van der Waals surface area (Å²) in [7, 11) is 0. The summed E-state index contributed by atoms with van der Waals surface area (Å²) in [6.45, 7) is 7.82. The van der Waals surface area contributed by atoms with Gasteiger partial charge in [0.2, 0.25) is 0 Å². The van der Waals surface area contributed by atoms with Gasteiger partial charge in [-0.25, -0.2) is 4.79 Å². The van der Waals surface area contributed by atoms with E-state index in [-0.39, 0.29) is 12.0 Å². The fourth-order valence-corrected chi connectivity index (χ4v) is 3.22. The van der Waals surface area contributed by atoms with Crippen molar-refractivity contribution in [3.8, 4) is 0 Å². The van der Waals surface area contributed by atoms with Crippen molar-refractivity contribution in [3.63, 3.8) is 0 Å². The molecule has 24 heavy (non-hydrogen) atoms. The highest BCUT2D eigenvalue weighted by molar-refractivity contribution is 5.90. The third-order valence-corrected chi connectivity index (χ3v) is 4.50. The number of rotatable bonds is 5. The lowest BCUT2D eigenvalue weighted by atomic mass is 9.76. The summed E-state index contributed by atoms with van der Waals surface area (Å²) in [5.41, 5.74) is 3.17. The first-order chi connectivity index (χ1) is 11.1. The number of aryl methyl sites for hydroxylation is 1. The molecule has 1 aromatic rings. The lowest BCUT2D eigenvalue weighted by Gasteiger charge is -2.27. The van der Waals surface area contributed by atoms with Crippen LogP contribution in [0.15, 0.2) is 41.5 Å². The molecule has 4 nitrogen and oxygen atoms in total. The van der Waals surface area contributed by atoms with Gasteiger partial charge in [0.05, 0.1) is 5.41 Å². The van der Waals surface area contributed by atoms with Crippen molar-refractivity contribution in [3.05, 3.63) is 58.2 Å². The Morgan fingerprint density at radius 2 is 1.92 bits per heavy atom. The van der Waals surface area contributed by atoms with Gasteiger partial charge in [-0.15, -0.1) is 0 Å². The summed E-state index contributed by atoms with van der Waals surface area (Å²) in [6.07, 6.45) is 3.87. The molecule has 1 atom stereocenters. The minimum atomic E-state index is -1.18. The third-order valence-electron chi connectivity index (χ3n) is 4.50. The number of allylic oxidation sites excluding steroid dienone is 2. The minimum Gasteiger partial charge on any atom is -0.481 e. The molecule has 0 radical (unpaired) electrons. The second-order valence-corrected chi connectivity index (χ2v) is 7.13. The summed E-state index contributed by atoms with van der Waals surface area (Å²) in [5, 5.41) is 18.8. The van der Waals surface area contributed by atoms with Crippen LogP contribution >= 0.6 is 0 Å². The molecule has 0 spiro atoms. The molecule has 0 aliphatic heterocycles. The number of benzene rings is 1. The van der Waals surface area contributed by atoms with Crippen LogP contribution in [0.4, 0.5) is 0 Å². The van der Waals surface area contributed by atoms with Crippen molar-refractivity contribution < 1.29 is 19.8 Å². The fraction of sp³-hybridized carbons (Fsp3) is 0.400. The molecule has 1 unspecified atom stereocenters. The normalized spacial score (nSPS) is 20.5. The van der Waals surface area contributed by atoms with Crippen LogP contribution in [0.1, 0.15) is 49.8 Å². The second-order valence-electron chi connectivity index (χ2n) is 7.13. The summed E-state index contributed by atoms with van der Waals surface area (Å²) in [4.78, 5) is 23.0. The highest BCUT2D eigenvalue weighted by atomic mass is 16.4. The van der Waals surface area contributed by atoms with Crippen molar-refractivity contribution >= 4 is 11.9 Å². The Morgan fingerprint density at radius 3 is 2.46 bits per heavy atom. The Labute approximate surface area is 142 Å².